The summed E-state index contributed by atoms with van der Waals surface area (Å²) >= 11 is 0. The van der Waals surface area contributed by atoms with Gasteiger partial charge in [0.25, 0.3) is 0 Å². The summed E-state index contributed by atoms with van der Waals surface area (Å²) in [6.07, 6.45) is 2.58. The van der Waals surface area contributed by atoms with Gasteiger partial charge in [0, 0.05) is 12.7 Å². The quantitative estimate of drug-likeness (QED) is 0.912. The van der Waals surface area contributed by atoms with Crippen molar-refractivity contribution in [3.63, 3.8) is 0 Å². The maximum Gasteiger partial charge on any atom is 0.339 e. The van der Waals surface area contributed by atoms with E-state index in [-0.39, 0.29) is 17.5 Å². The van der Waals surface area contributed by atoms with E-state index >= 15 is 0 Å². The van der Waals surface area contributed by atoms with Gasteiger partial charge in [0.05, 0.1) is 17.3 Å². The van der Waals surface area contributed by atoms with Crippen molar-refractivity contribution >= 4 is 5.97 Å². The van der Waals surface area contributed by atoms with Crippen LogP contribution in [0.4, 0.5) is 0 Å². The van der Waals surface area contributed by atoms with E-state index in [4.69, 9.17) is 0 Å². The lowest BCUT2D eigenvalue weighted by Gasteiger charge is -2.26. The van der Waals surface area contributed by atoms with Gasteiger partial charge in [-0.1, -0.05) is 13.8 Å². The molecule has 1 unspecified atom stereocenters. The van der Waals surface area contributed by atoms with Crippen molar-refractivity contribution in [1.82, 2.24) is 19.8 Å². The maximum atomic E-state index is 11.3. The van der Waals surface area contributed by atoms with Crippen LogP contribution in [0.5, 0.6) is 0 Å². The van der Waals surface area contributed by atoms with E-state index in [1.165, 1.54) is 6.20 Å². The number of carboxylic acid groups (broad SMARTS) is 1. The maximum absolute atomic E-state index is 11.3. The standard InChI is InChI=1S/C15H24N4O2/c1-10(2)13-11(15(20)21)8-16-14(17-13)12-9-18(3)6-5-7-19(12)4/h8,10,12H,5-7,9H2,1-4H3,(H,20,21). The molecule has 1 aliphatic heterocycles. The van der Waals surface area contributed by atoms with Gasteiger partial charge in [0.1, 0.15) is 5.82 Å². The third kappa shape index (κ3) is 3.57. The SMILES string of the molecule is CC(C)c1nc(C2CN(C)CCCN2C)ncc1C(=O)O. The lowest BCUT2D eigenvalue weighted by atomic mass is 10.0. The molecule has 0 radical (unpaired) electrons. The third-order valence-electron chi connectivity index (χ3n) is 3.98. The largest absolute Gasteiger partial charge is 0.478 e. The average Bonchev–Trinajstić information content (AvgIpc) is 2.59. The van der Waals surface area contributed by atoms with Crippen molar-refractivity contribution in [1.29, 1.82) is 0 Å². The minimum Gasteiger partial charge on any atom is -0.478 e. The van der Waals surface area contributed by atoms with Gasteiger partial charge in [0.2, 0.25) is 0 Å². The number of carboxylic acids is 1. The van der Waals surface area contributed by atoms with Crippen LogP contribution in [0.2, 0.25) is 0 Å². The Morgan fingerprint density at radius 2 is 2.10 bits per heavy atom. The van der Waals surface area contributed by atoms with Gasteiger partial charge in [-0.3, -0.25) is 4.90 Å². The fourth-order valence-electron chi connectivity index (χ4n) is 2.73. The first-order valence-corrected chi connectivity index (χ1v) is 7.39. The fraction of sp³-hybridized carbons (Fsp3) is 0.667. The Bertz CT molecular complexity index is 518. The lowest BCUT2D eigenvalue weighted by Crippen LogP contribution is -2.32. The van der Waals surface area contributed by atoms with E-state index in [0.29, 0.717) is 5.69 Å². The lowest BCUT2D eigenvalue weighted by molar-refractivity contribution is 0.0693. The van der Waals surface area contributed by atoms with Gasteiger partial charge in [0.15, 0.2) is 0 Å². The molecule has 0 amide bonds. The summed E-state index contributed by atoms with van der Waals surface area (Å²) in [5, 5.41) is 9.26. The van der Waals surface area contributed by atoms with Crippen LogP contribution in [0.25, 0.3) is 0 Å². The minimum absolute atomic E-state index is 0.0617. The van der Waals surface area contributed by atoms with Gasteiger partial charge in [-0.15, -0.1) is 0 Å². The molecule has 21 heavy (non-hydrogen) atoms. The number of carbonyl (C=O) groups is 1. The Morgan fingerprint density at radius 3 is 2.71 bits per heavy atom. The van der Waals surface area contributed by atoms with Crippen molar-refractivity contribution in [2.45, 2.75) is 32.2 Å². The number of hydrogen-bond acceptors (Lipinski definition) is 5. The van der Waals surface area contributed by atoms with Crippen LogP contribution in [0, 0.1) is 0 Å². The molecular formula is C15H24N4O2. The molecule has 0 spiro atoms. The first-order valence-electron chi connectivity index (χ1n) is 7.39. The van der Waals surface area contributed by atoms with Crippen LogP contribution in [-0.4, -0.2) is 64.6 Å². The van der Waals surface area contributed by atoms with Crippen molar-refractivity contribution in [3.8, 4) is 0 Å². The summed E-state index contributed by atoms with van der Waals surface area (Å²) in [6.45, 7) is 6.84. The van der Waals surface area contributed by atoms with Gasteiger partial charge >= 0.3 is 5.97 Å². The predicted octanol–water partition coefficient (Wildman–Crippen LogP) is 1.61. The van der Waals surface area contributed by atoms with Crippen molar-refractivity contribution in [2.75, 3.05) is 33.7 Å². The molecule has 6 nitrogen and oxygen atoms in total. The Hall–Kier alpha value is -1.53. The van der Waals surface area contributed by atoms with Crippen molar-refractivity contribution in [3.05, 3.63) is 23.3 Å². The van der Waals surface area contributed by atoms with Crippen LogP contribution in [0.3, 0.4) is 0 Å². The van der Waals surface area contributed by atoms with E-state index in [9.17, 15) is 9.90 Å². The molecule has 0 bridgehead atoms. The topological polar surface area (TPSA) is 69.6 Å². The molecule has 1 aliphatic rings. The minimum atomic E-state index is -0.961. The average molecular weight is 292 g/mol. The second-order valence-electron chi connectivity index (χ2n) is 6.10. The number of hydrogen-bond donors (Lipinski definition) is 1. The summed E-state index contributed by atoms with van der Waals surface area (Å²) in [5.74, 6) is -0.178. The second kappa shape index (κ2) is 6.49. The van der Waals surface area contributed by atoms with Crippen LogP contribution in [0.1, 0.15) is 54.1 Å². The Balaban J connectivity index is 2.38. The summed E-state index contributed by atoms with van der Waals surface area (Å²) in [5.41, 5.74) is 0.825. The van der Waals surface area contributed by atoms with Gasteiger partial charge in [-0.25, -0.2) is 14.8 Å². The van der Waals surface area contributed by atoms with E-state index in [1.807, 2.05) is 13.8 Å². The van der Waals surface area contributed by atoms with Crippen molar-refractivity contribution in [2.24, 2.45) is 0 Å². The molecule has 1 aromatic heterocycles. The van der Waals surface area contributed by atoms with Crippen LogP contribution in [0.15, 0.2) is 6.20 Å². The molecule has 6 heteroatoms. The molecule has 0 aromatic carbocycles. The molecule has 1 aromatic rings. The predicted molar refractivity (Wildman–Crippen MR) is 80.6 cm³/mol. The number of nitrogens with zero attached hydrogens (tertiary/aromatic N) is 4. The number of aromatic carboxylic acids is 1. The third-order valence-corrected chi connectivity index (χ3v) is 3.98. The monoisotopic (exact) mass is 292 g/mol. The van der Waals surface area contributed by atoms with Crippen LogP contribution < -0.4 is 0 Å². The smallest absolute Gasteiger partial charge is 0.339 e. The molecule has 1 saturated heterocycles. The normalized spacial score (nSPS) is 21.5. The first kappa shape index (κ1) is 15.9. The summed E-state index contributed by atoms with van der Waals surface area (Å²) in [4.78, 5) is 24.7. The zero-order chi connectivity index (χ0) is 15.6. The molecule has 0 saturated carbocycles. The molecule has 0 aliphatic carbocycles. The molecule has 1 N–H and O–H groups in total. The second-order valence-corrected chi connectivity index (χ2v) is 6.10. The number of rotatable bonds is 3. The molecule has 1 fully saturated rings. The zero-order valence-electron chi connectivity index (χ0n) is 13.2. The molecule has 2 rings (SSSR count). The first-order chi connectivity index (χ1) is 9.90. The highest BCUT2D eigenvalue weighted by Gasteiger charge is 2.26. The summed E-state index contributed by atoms with van der Waals surface area (Å²) < 4.78 is 0. The molecular weight excluding hydrogens is 268 g/mol. The highest BCUT2D eigenvalue weighted by atomic mass is 16.4. The molecule has 116 valence electrons. The number of aromatic nitrogens is 2. The van der Waals surface area contributed by atoms with Gasteiger partial charge in [-0.05, 0) is 39.5 Å². The zero-order valence-corrected chi connectivity index (χ0v) is 13.2. The van der Waals surface area contributed by atoms with E-state index in [1.54, 1.807) is 0 Å². The highest BCUT2D eigenvalue weighted by Crippen LogP contribution is 2.23. The van der Waals surface area contributed by atoms with Crippen molar-refractivity contribution < 1.29 is 9.90 Å². The molecule has 1 atom stereocenters. The Kier molecular flexibility index (Phi) is 4.90. The number of likely N-dealkylation sites (N-methyl/N-ethyl adjacent to an activating group) is 2. The Morgan fingerprint density at radius 1 is 1.38 bits per heavy atom. The Labute approximate surface area is 125 Å². The summed E-state index contributed by atoms with van der Waals surface area (Å²) in [6, 6.07) is 0.109. The van der Waals surface area contributed by atoms with E-state index in [2.05, 4.69) is 33.9 Å². The van der Waals surface area contributed by atoms with Crippen LogP contribution >= 0.6 is 0 Å². The summed E-state index contributed by atoms with van der Waals surface area (Å²) in [7, 11) is 4.18. The van der Waals surface area contributed by atoms with Crippen LogP contribution in [-0.2, 0) is 0 Å². The van der Waals surface area contributed by atoms with Gasteiger partial charge in [-0.2, -0.15) is 0 Å². The fourth-order valence-corrected chi connectivity index (χ4v) is 2.73. The van der Waals surface area contributed by atoms with E-state index in [0.717, 1.165) is 31.9 Å². The molecule has 2 heterocycles. The van der Waals surface area contributed by atoms with E-state index < -0.39 is 5.97 Å². The highest BCUT2D eigenvalue weighted by molar-refractivity contribution is 5.88. The van der Waals surface area contributed by atoms with Gasteiger partial charge < -0.3 is 10.0 Å².